The summed E-state index contributed by atoms with van der Waals surface area (Å²) in [5.41, 5.74) is 14.6. The molecule has 0 aliphatic carbocycles. The number of piperidine rings is 1. The monoisotopic (exact) mass is 248 g/mol. The molecule has 4 heteroatoms. The molecule has 1 aliphatic rings. The van der Waals surface area contributed by atoms with Gasteiger partial charge in [-0.25, -0.2) is 0 Å². The van der Waals surface area contributed by atoms with Gasteiger partial charge in [-0.05, 0) is 24.1 Å². The van der Waals surface area contributed by atoms with Crippen LogP contribution in [0.15, 0.2) is 24.3 Å². The first-order valence-corrected chi connectivity index (χ1v) is 6.54. The number of rotatable bonds is 3. The second kappa shape index (κ2) is 5.69. The van der Waals surface area contributed by atoms with E-state index in [1.165, 1.54) is 11.3 Å². The Hall–Kier alpha value is -1.10. The van der Waals surface area contributed by atoms with Gasteiger partial charge in [0.2, 0.25) is 0 Å². The Morgan fingerprint density at radius 1 is 1.11 bits per heavy atom. The Labute approximate surface area is 110 Å². The SMILES string of the molecule is CN(C)c1ccc(CN2CC(N)CC(N)C2)cc1. The van der Waals surface area contributed by atoms with Crippen molar-refractivity contribution in [1.29, 1.82) is 0 Å². The van der Waals surface area contributed by atoms with Crippen LogP contribution in [0.5, 0.6) is 0 Å². The van der Waals surface area contributed by atoms with E-state index in [9.17, 15) is 0 Å². The van der Waals surface area contributed by atoms with Crippen molar-refractivity contribution >= 4 is 5.69 Å². The summed E-state index contributed by atoms with van der Waals surface area (Å²) >= 11 is 0. The molecule has 1 aromatic rings. The Kier molecular flexibility index (Phi) is 4.22. The van der Waals surface area contributed by atoms with Crippen LogP contribution in [0, 0.1) is 0 Å². The zero-order chi connectivity index (χ0) is 13.1. The number of anilines is 1. The van der Waals surface area contributed by atoms with E-state index in [0.29, 0.717) is 0 Å². The fraction of sp³-hybridized carbons (Fsp3) is 0.571. The zero-order valence-electron chi connectivity index (χ0n) is 11.3. The molecule has 0 amide bonds. The molecule has 1 saturated heterocycles. The van der Waals surface area contributed by atoms with E-state index < -0.39 is 0 Å². The van der Waals surface area contributed by atoms with Crippen molar-refractivity contribution in [3.05, 3.63) is 29.8 Å². The van der Waals surface area contributed by atoms with Crippen LogP contribution in [0.25, 0.3) is 0 Å². The van der Waals surface area contributed by atoms with Crippen molar-refractivity contribution in [2.24, 2.45) is 11.5 Å². The minimum Gasteiger partial charge on any atom is -0.378 e. The number of hydrogen-bond acceptors (Lipinski definition) is 4. The number of benzene rings is 1. The molecular formula is C14H24N4. The Balaban J connectivity index is 1.96. The molecule has 0 radical (unpaired) electrons. The van der Waals surface area contributed by atoms with Gasteiger partial charge in [0, 0.05) is 51.5 Å². The standard InChI is InChI=1S/C14H24N4/c1-17(2)14-5-3-11(4-6-14)8-18-9-12(15)7-13(16)10-18/h3-6,12-13H,7-10,15-16H2,1-2H3. The summed E-state index contributed by atoms with van der Waals surface area (Å²) < 4.78 is 0. The average Bonchev–Trinajstić information content (AvgIpc) is 2.28. The van der Waals surface area contributed by atoms with Crippen LogP contribution in [0.3, 0.4) is 0 Å². The van der Waals surface area contributed by atoms with Crippen molar-refractivity contribution in [3.63, 3.8) is 0 Å². The van der Waals surface area contributed by atoms with E-state index >= 15 is 0 Å². The van der Waals surface area contributed by atoms with Gasteiger partial charge >= 0.3 is 0 Å². The topological polar surface area (TPSA) is 58.5 Å². The maximum absolute atomic E-state index is 6.00. The lowest BCUT2D eigenvalue weighted by atomic mass is 10.0. The van der Waals surface area contributed by atoms with E-state index in [2.05, 4.69) is 48.2 Å². The Bertz CT molecular complexity index is 364. The lowest BCUT2D eigenvalue weighted by molar-refractivity contribution is 0.183. The molecule has 100 valence electrons. The minimum absolute atomic E-state index is 0.217. The third kappa shape index (κ3) is 3.45. The molecule has 2 unspecified atom stereocenters. The summed E-state index contributed by atoms with van der Waals surface area (Å²) in [6, 6.07) is 9.10. The average molecular weight is 248 g/mol. The van der Waals surface area contributed by atoms with Crippen molar-refractivity contribution in [2.75, 3.05) is 32.1 Å². The maximum atomic E-state index is 6.00. The molecule has 4 nitrogen and oxygen atoms in total. The molecule has 0 aromatic heterocycles. The highest BCUT2D eigenvalue weighted by Crippen LogP contribution is 2.16. The molecule has 0 bridgehead atoms. The molecule has 2 atom stereocenters. The largest absolute Gasteiger partial charge is 0.378 e. The van der Waals surface area contributed by atoms with E-state index in [4.69, 9.17) is 11.5 Å². The van der Waals surface area contributed by atoms with Gasteiger partial charge in [0.05, 0.1) is 0 Å². The summed E-state index contributed by atoms with van der Waals surface area (Å²) in [5.74, 6) is 0. The lowest BCUT2D eigenvalue weighted by Crippen LogP contribution is -2.51. The molecule has 1 heterocycles. The van der Waals surface area contributed by atoms with Crippen LogP contribution in [0.1, 0.15) is 12.0 Å². The van der Waals surface area contributed by atoms with Crippen molar-refractivity contribution in [2.45, 2.75) is 25.0 Å². The summed E-state index contributed by atoms with van der Waals surface area (Å²) in [7, 11) is 4.11. The van der Waals surface area contributed by atoms with Crippen LogP contribution < -0.4 is 16.4 Å². The Morgan fingerprint density at radius 3 is 2.17 bits per heavy atom. The minimum atomic E-state index is 0.217. The fourth-order valence-corrected chi connectivity index (χ4v) is 2.56. The van der Waals surface area contributed by atoms with Crippen LogP contribution >= 0.6 is 0 Å². The van der Waals surface area contributed by atoms with Crippen molar-refractivity contribution in [1.82, 2.24) is 4.90 Å². The van der Waals surface area contributed by atoms with Crippen LogP contribution in [-0.4, -0.2) is 44.2 Å². The number of likely N-dealkylation sites (tertiary alicyclic amines) is 1. The molecule has 1 aromatic carbocycles. The van der Waals surface area contributed by atoms with Crippen LogP contribution in [0.2, 0.25) is 0 Å². The first-order valence-electron chi connectivity index (χ1n) is 6.54. The highest BCUT2D eigenvalue weighted by molar-refractivity contribution is 5.45. The molecule has 0 saturated carbocycles. The van der Waals surface area contributed by atoms with Gasteiger partial charge < -0.3 is 16.4 Å². The number of hydrogen-bond donors (Lipinski definition) is 2. The molecule has 0 spiro atoms. The highest BCUT2D eigenvalue weighted by atomic mass is 15.2. The second-order valence-electron chi connectivity index (χ2n) is 5.51. The van der Waals surface area contributed by atoms with Gasteiger partial charge in [-0.15, -0.1) is 0 Å². The summed E-state index contributed by atoms with van der Waals surface area (Å²) in [6.07, 6.45) is 0.941. The van der Waals surface area contributed by atoms with E-state index in [1.807, 2.05) is 0 Å². The molecule has 2 rings (SSSR count). The summed E-state index contributed by atoms with van der Waals surface area (Å²) in [4.78, 5) is 4.46. The molecule has 1 aliphatic heterocycles. The summed E-state index contributed by atoms with van der Waals surface area (Å²) in [6.45, 7) is 2.83. The summed E-state index contributed by atoms with van der Waals surface area (Å²) in [5, 5.41) is 0. The third-order valence-electron chi connectivity index (χ3n) is 3.45. The smallest absolute Gasteiger partial charge is 0.0361 e. The highest BCUT2D eigenvalue weighted by Gasteiger charge is 2.22. The predicted octanol–water partition coefficient (Wildman–Crippen LogP) is 0.613. The fourth-order valence-electron chi connectivity index (χ4n) is 2.56. The quantitative estimate of drug-likeness (QED) is 0.823. The molecule has 4 N–H and O–H groups in total. The van der Waals surface area contributed by atoms with Gasteiger partial charge in [0.25, 0.3) is 0 Å². The molecule has 18 heavy (non-hydrogen) atoms. The van der Waals surface area contributed by atoms with Crippen molar-refractivity contribution < 1.29 is 0 Å². The van der Waals surface area contributed by atoms with E-state index in [0.717, 1.165) is 26.1 Å². The van der Waals surface area contributed by atoms with Gasteiger partial charge in [0.15, 0.2) is 0 Å². The first-order chi connectivity index (χ1) is 8.54. The lowest BCUT2D eigenvalue weighted by Gasteiger charge is -2.34. The van der Waals surface area contributed by atoms with Gasteiger partial charge in [-0.2, -0.15) is 0 Å². The Morgan fingerprint density at radius 2 is 1.67 bits per heavy atom. The third-order valence-corrected chi connectivity index (χ3v) is 3.45. The van der Waals surface area contributed by atoms with Crippen LogP contribution in [0.4, 0.5) is 5.69 Å². The molecule has 1 fully saturated rings. The van der Waals surface area contributed by atoms with Crippen molar-refractivity contribution in [3.8, 4) is 0 Å². The van der Waals surface area contributed by atoms with Crippen LogP contribution in [-0.2, 0) is 6.54 Å². The number of nitrogens with two attached hydrogens (primary N) is 2. The first kappa shape index (κ1) is 13.3. The van der Waals surface area contributed by atoms with E-state index in [-0.39, 0.29) is 12.1 Å². The normalized spacial score (nSPS) is 25.1. The zero-order valence-corrected chi connectivity index (χ0v) is 11.3. The number of nitrogens with zero attached hydrogens (tertiary/aromatic N) is 2. The maximum Gasteiger partial charge on any atom is 0.0361 e. The predicted molar refractivity (Wildman–Crippen MR) is 76.6 cm³/mol. The van der Waals surface area contributed by atoms with Gasteiger partial charge in [0.1, 0.15) is 0 Å². The van der Waals surface area contributed by atoms with Gasteiger partial charge in [-0.1, -0.05) is 12.1 Å². The molecular weight excluding hydrogens is 224 g/mol. The van der Waals surface area contributed by atoms with E-state index in [1.54, 1.807) is 0 Å². The van der Waals surface area contributed by atoms with Gasteiger partial charge in [-0.3, -0.25) is 4.90 Å². The second-order valence-corrected chi connectivity index (χ2v) is 5.51.